The van der Waals surface area contributed by atoms with Crippen LogP contribution in [0.1, 0.15) is 25.8 Å². The van der Waals surface area contributed by atoms with Gasteiger partial charge in [0.15, 0.2) is 0 Å². The Labute approximate surface area is 127 Å². The molecule has 1 aliphatic rings. The topological polar surface area (TPSA) is 32.8 Å². The molecule has 0 aromatic heterocycles. The molecule has 1 unspecified atom stereocenters. The lowest BCUT2D eigenvalue weighted by Gasteiger charge is -2.29. The van der Waals surface area contributed by atoms with Crippen molar-refractivity contribution in [3.8, 4) is 0 Å². The Morgan fingerprint density at radius 1 is 1.29 bits per heavy atom. The lowest BCUT2D eigenvalue weighted by Crippen LogP contribution is -2.44. The van der Waals surface area contributed by atoms with Gasteiger partial charge in [-0.3, -0.25) is 9.69 Å². The largest absolute Gasteiger partial charge is 0.372 e. The number of hydrogen-bond acceptors (Lipinski definition) is 3. The van der Waals surface area contributed by atoms with E-state index < -0.39 is 0 Å². The molecule has 1 fully saturated rings. The number of carbonyl (C=O) groups excluding carboxylic acids is 1. The van der Waals surface area contributed by atoms with E-state index in [1.807, 2.05) is 17.9 Å². The molecule has 4 nitrogen and oxygen atoms in total. The van der Waals surface area contributed by atoms with Gasteiger partial charge in [0.25, 0.3) is 0 Å². The molecule has 1 heterocycles. The third kappa shape index (κ3) is 4.83. The SMILES string of the molecule is CCOCC(=O)N1CCCN(Cc2ccccc2)CC1C. The van der Waals surface area contributed by atoms with Crippen LogP contribution in [0.5, 0.6) is 0 Å². The van der Waals surface area contributed by atoms with E-state index in [1.54, 1.807) is 0 Å². The molecule has 0 spiro atoms. The summed E-state index contributed by atoms with van der Waals surface area (Å²) in [6.07, 6.45) is 1.02. The summed E-state index contributed by atoms with van der Waals surface area (Å²) in [7, 11) is 0. The van der Waals surface area contributed by atoms with Crippen molar-refractivity contribution < 1.29 is 9.53 Å². The number of carbonyl (C=O) groups is 1. The molecule has 1 aliphatic heterocycles. The summed E-state index contributed by atoms with van der Waals surface area (Å²) in [4.78, 5) is 16.6. The van der Waals surface area contributed by atoms with E-state index in [4.69, 9.17) is 4.74 Å². The van der Waals surface area contributed by atoms with Crippen molar-refractivity contribution >= 4 is 5.91 Å². The average Bonchev–Trinajstić information content (AvgIpc) is 2.67. The summed E-state index contributed by atoms with van der Waals surface area (Å²) in [5.41, 5.74) is 1.33. The lowest BCUT2D eigenvalue weighted by molar-refractivity contribution is -0.137. The highest BCUT2D eigenvalue weighted by Crippen LogP contribution is 2.13. The summed E-state index contributed by atoms with van der Waals surface area (Å²) in [6, 6.07) is 10.8. The van der Waals surface area contributed by atoms with Gasteiger partial charge in [-0.2, -0.15) is 0 Å². The van der Waals surface area contributed by atoms with Gasteiger partial charge in [-0.25, -0.2) is 0 Å². The average molecular weight is 290 g/mol. The number of ether oxygens (including phenoxy) is 1. The molecule has 0 N–H and O–H groups in total. The predicted molar refractivity (Wildman–Crippen MR) is 84.0 cm³/mol. The highest BCUT2D eigenvalue weighted by atomic mass is 16.5. The molecule has 1 aromatic rings. The van der Waals surface area contributed by atoms with Crippen molar-refractivity contribution in [2.45, 2.75) is 32.9 Å². The van der Waals surface area contributed by atoms with E-state index >= 15 is 0 Å². The first kappa shape index (κ1) is 16.0. The molecule has 21 heavy (non-hydrogen) atoms. The Morgan fingerprint density at radius 3 is 2.76 bits per heavy atom. The van der Waals surface area contributed by atoms with E-state index in [9.17, 15) is 4.79 Å². The fraction of sp³-hybridized carbons (Fsp3) is 0.588. The number of benzene rings is 1. The van der Waals surface area contributed by atoms with Gasteiger partial charge in [0, 0.05) is 38.8 Å². The fourth-order valence-corrected chi connectivity index (χ4v) is 2.88. The van der Waals surface area contributed by atoms with Crippen LogP contribution in [-0.2, 0) is 16.1 Å². The van der Waals surface area contributed by atoms with Gasteiger partial charge in [-0.15, -0.1) is 0 Å². The molecule has 0 saturated carbocycles. The molecular weight excluding hydrogens is 264 g/mol. The normalized spacial score (nSPS) is 20.3. The summed E-state index contributed by atoms with van der Waals surface area (Å²) in [5.74, 6) is 0.117. The number of rotatable bonds is 5. The van der Waals surface area contributed by atoms with Crippen LogP contribution in [-0.4, -0.2) is 54.6 Å². The Hall–Kier alpha value is -1.39. The van der Waals surface area contributed by atoms with Crippen LogP contribution < -0.4 is 0 Å². The fourth-order valence-electron chi connectivity index (χ4n) is 2.88. The van der Waals surface area contributed by atoms with Crippen LogP contribution in [0.4, 0.5) is 0 Å². The van der Waals surface area contributed by atoms with Crippen LogP contribution in [0.3, 0.4) is 0 Å². The van der Waals surface area contributed by atoms with Crippen molar-refractivity contribution in [2.24, 2.45) is 0 Å². The molecule has 0 bridgehead atoms. The van der Waals surface area contributed by atoms with Crippen molar-refractivity contribution in [3.63, 3.8) is 0 Å². The Balaban J connectivity index is 1.91. The molecule has 1 saturated heterocycles. The zero-order valence-electron chi connectivity index (χ0n) is 13.1. The van der Waals surface area contributed by atoms with Gasteiger partial charge in [-0.05, 0) is 25.8 Å². The van der Waals surface area contributed by atoms with E-state index in [0.717, 1.165) is 32.6 Å². The second-order valence-corrected chi connectivity index (χ2v) is 5.65. The van der Waals surface area contributed by atoms with Gasteiger partial charge in [-0.1, -0.05) is 30.3 Å². The summed E-state index contributed by atoms with van der Waals surface area (Å²) < 4.78 is 5.26. The maximum atomic E-state index is 12.2. The smallest absolute Gasteiger partial charge is 0.248 e. The van der Waals surface area contributed by atoms with Crippen LogP contribution >= 0.6 is 0 Å². The molecule has 0 radical (unpaired) electrons. The number of hydrogen-bond donors (Lipinski definition) is 0. The summed E-state index contributed by atoms with van der Waals surface area (Å²) in [6.45, 7) is 8.60. The Bertz CT molecular complexity index is 436. The first-order valence-electron chi connectivity index (χ1n) is 7.84. The van der Waals surface area contributed by atoms with Crippen LogP contribution in [0, 0.1) is 0 Å². The van der Waals surface area contributed by atoms with Crippen molar-refractivity contribution in [2.75, 3.05) is 32.8 Å². The maximum absolute atomic E-state index is 12.2. The second kappa shape index (κ2) is 8.15. The van der Waals surface area contributed by atoms with Gasteiger partial charge in [0.2, 0.25) is 5.91 Å². The molecule has 2 rings (SSSR count). The number of amides is 1. The quantitative estimate of drug-likeness (QED) is 0.833. The first-order chi connectivity index (χ1) is 10.2. The second-order valence-electron chi connectivity index (χ2n) is 5.65. The molecule has 4 heteroatoms. The Morgan fingerprint density at radius 2 is 2.05 bits per heavy atom. The van der Waals surface area contributed by atoms with Crippen molar-refractivity contribution in [1.82, 2.24) is 9.80 Å². The van der Waals surface area contributed by atoms with E-state index in [1.165, 1.54) is 5.56 Å². The standard InChI is InChI=1S/C17H26N2O2/c1-3-21-14-17(20)19-11-7-10-18(12-15(19)2)13-16-8-5-4-6-9-16/h4-6,8-9,15H,3,7,10-14H2,1-2H3. The molecule has 116 valence electrons. The minimum absolute atomic E-state index is 0.117. The molecule has 0 aliphatic carbocycles. The molecule has 1 amide bonds. The first-order valence-corrected chi connectivity index (χ1v) is 7.84. The van der Waals surface area contributed by atoms with Gasteiger partial charge < -0.3 is 9.64 Å². The van der Waals surface area contributed by atoms with Crippen molar-refractivity contribution in [3.05, 3.63) is 35.9 Å². The maximum Gasteiger partial charge on any atom is 0.248 e. The predicted octanol–water partition coefficient (Wildman–Crippen LogP) is 2.15. The van der Waals surface area contributed by atoms with Crippen LogP contribution in [0.15, 0.2) is 30.3 Å². The summed E-state index contributed by atoms with van der Waals surface area (Å²) in [5, 5.41) is 0. The van der Waals surface area contributed by atoms with Crippen LogP contribution in [0.2, 0.25) is 0 Å². The number of nitrogens with zero attached hydrogens (tertiary/aromatic N) is 2. The van der Waals surface area contributed by atoms with Gasteiger partial charge in [0.1, 0.15) is 6.61 Å². The van der Waals surface area contributed by atoms with Gasteiger partial charge in [0.05, 0.1) is 0 Å². The zero-order valence-corrected chi connectivity index (χ0v) is 13.1. The monoisotopic (exact) mass is 290 g/mol. The summed E-state index contributed by atoms with van der Waals surface area (Å²) >= 11 is 0. The zero-order chi connectivity index (χ0) is 15.1. The highest BCUT2D eigenvalue weighted by molar-refractivity contribution is 5.77. The third-order valence-corrected chi connectivity index (χ3v) is 3.93. The minimum Gasteiger partial charge on any atom is -0.372 e. The molecular formula is C17H26N2O2. The molecule has 1 atom stereocenters. The molecule has 1 aromatic carbocycles. The van der Waals surface area contributed by atoms with Gasteiger partial charge >= 0.3 is 0 Å². The van der Waals surface area contributed by atoms with E-state index in [-0.39, 0.29) is 18.6 Å². The Kier molecular flexibility index (Phi) is 6.21. The van der Waals surface area contributed by atoms with E-state index in [2.05, 4.69) is 36.1 Å². The highest BCUT2D eigenvalue weighted by Gasteiger charge is 2.25. The third-order valence-electron chi connectivity index (χ3n) is 3.93. The minimum atomic E-state index is 0.117. The van der Waals surface area contributed by atoms with Crippen molar-refractivity contribution in [1.29, 1.82) is 0 Å². The van der Waals surface area contributed by atoms with Crippen LogP contribution in [0.25, 0.3) is 0 Å². The lowest BCUT2D eigenvalue weighted by atomic mass is 10.2. The van der Waals surface area contributed by atoms with E-state index in [0.29, 0.717) is 6.61 Å².